The van der Waals surface area contributed by atoms with E-state index in [9.17, 15) is 0 Å². The Morgan fingerprint density at radius 2 is 2.00 bits per heavy atom. The lowest BCUT2D eigenvalue weighted by Crippen LogP contribution is -2.22. The van der Waals surface area contributed by atoms with E-state index in [1.807, 2.05) is 19.1 Å². The van der Waals surface area contributed by atoms with E-state index in [4.69, 9.17) is 11.6 Å². The summed E-state index contributed by atoms with van der Waals surface area (Å²) in [6, 6.07) is 8.40. The molecule has 0 bridgehead atoms. The standard InChI is InChI=1S/C13H18ClN/c1-4-13(15-9-10(2)3)11-5-7-12(14)8-6-11/h5-8,13,15H,2,4,9H2,1,3H3. The predicted molar refractivity (Wildman–Crippen MR) is 67.3 cm³/mol. The number of hydrogen-bond acceptors (Lipinski definition) is 1. The highest BCUT2D eigenvalue weighted by molar-refractivity contribution is 6.30. The van der Waals surface area contributed by atoms with E-state index in [0.29, 0.717) is 6.04 Å². The van der Waals surface area contributed by atoms with Crippen LogP contribution in [0.15, 0.2) is 36.4 Å². The first-order valence-electron chi connectivity index (χ1n) is 5.26. The highest BCUT2D eigenvalue weighted by Gasteiger charge is 2.07. The molecule has 1 unspecified atom stereocenters. The van der Waals surface area contributed by atoms with Crippen molar-refractivity contribution in [2.45, 2.75) is 26.3 Å². The van der Waals surface area contributed by atoms with Gasteiger partial charge in [-0.25, -0.2) is 0 Å². The summed E-state index contributed by atoms with van der Waals surface area (Å²) >= 11 is 5.85. The molecular weight excluding hydrogens is 206 g/mol. The van der Waals surface area contributed by atoms with Crippen molar-refractivity contribution in [3.63, 3.8) is 0 Å². The zero-order valence-corrected chi connectivity index (χ0v) is 10.1. The van der Waals surface area contributed by atoms with Crippen LogP contribution in [0.5, 0.6) is 0 Å². The summed E-state index contributed by atoms with van der Waals surface area (Å²) < 4.78 is 0. The first-order chi connectivity index (χ1) is 7.13. The van der Waals surface area contributed by atoms with E-state index in [1.165, 1.54) is 5.56 Å². The molecule has 1 nitrogen and oxygen atoms in total. The minimum Gasteiger partial charge on any atom is -0.306 e. The highest BCUT2D eigenvalue weighted by Crippen LogP contribution is 2.19. The topological polar surface area (TPSA) is 12.0 Å². The Hall–Kier alpha value is -0.790. The summed E-state index contributed by atoms with van der Waals surface area (Å²) in [5.74, 6) is 0. The fourth-order valence-corrected chi connectivity index (χ4v) is 1.62. The molecular formula is C13H18ClN. The van der Waals surface area contributed by atoms with Crippen LogP contribution in [0, 0.1) is 0 Å². The van der Waals surface area contributed by atoms with Crippen molar-refractivity contribution in [3.05, 3.63) is 47.0 Å². The molecule has 0 aromatic heterocycles. The summed E-state index contributed by atoms with van der Waals surface area (Å²) in [6.07, 6.45) is 1.06. The fraction of sp³-hybridized carbons (Fsp3) is 0.385. The molecule has 1 N–H and O–H groups in total. The van der Waals surface area contributed by atoms with Gasteiger partial charge in [0.2, 0.25) is 0 Å². The average molecular weight is 224 g/mol. The number of benzene rings is 1. The van der Waals surface area contributed by atoms with Gasteiger partial charge in [0.25, 0.3) is 0 Å². The van der Waals surface area contributed by atoms with E-state index in [0.717, 1.165) is 23.6 Å². The van der Waals surface area contributed by atoms with E-state index < -0.39 is 0 Å². The van der Waals surface area contributed by atoms with Gasteiger partial charge in [0.05, 0.1) is 0 Å². The Labute approximate surface area is 97.1 Å². The van der Waals surface area contributed by atoms with Crippen LogP contribution in [-0.4, -0.2) is 6.54 Å². The monoisotopic (exact) mass is 223 g/mol. The van der Waals surface area contributed by atoms with Crippen molar-refractivity contribution in [3.8, 4) is 0 Å². The lowest BCUT2D eigenvalue weighted by Gasteiger charge is -2.17. The Bertz CT molecular complexity index is 316. The van der Waals surface area contributed by atoms with Gasteiger partial charge in [-0.3, -0.25) is 0 Å². The second kappa shape index (κ2) is 5.94. The molecule has 82 valence electrons. The van der Waals surface area contributed by atoms with Crippen molar-refractivity contribution in [2.24, 2.45) is 0 Å². The quantitative estimate of drug-likeness (QED) is 0.746. The molecule has 0 saturated carbocycles. The lowest BCUT2D eigenvalue weighted by molar-refractivity contribution is 0.544. The molecule has 0 heterocycles. The van der Waals surface area contributed by atoms with E-state index >= 15 is 0 Å². The number of halogens is 1. The number of hydrogen-bond donors (Lipinski definition) is 1. The normalized spacial score (nSPS) is 12.5. The maximum atomic E-state index is 5.85. The van der Waals surface area contributed by atoms with Crippen LogP contribution in [0.1, 0.15) is 31.9 Å². The summed E-state index contributed by atoms with van der Waals surface area (Å²) in [5, 5.41) is 4.25. The second-order valence-electron chi connectivity index (χ2n) is 3.85. The summed E-state index contributed by atoms with van der Waals surface area (Å²) in [6.45, 7) is 8.95. The molecule has 0 aliphatic carbocycles. The molecule has 1 rings (SSSR count). The molecule has 1 aromatic rings. The van der Waals surface area contributed by atoms with Crippen LogP contribution < -0.4 is 5.32 Å². The van der Waals surface area contributed by atoms with Gasteiger partial charge in [-0.2, -0.15) is 0 Å². The molecule has 0 radical (unpaired) electrons. The zero-order chi connectivity index (χ0) is 11.3. The summed E-state index contributed by atoms with van der Waals surface area (Å²) in [5.41, 5.74) is 2.44. The maximum absolute atomic E-state index is 5.85. The van der Waals surface area contributed by atoms with Gasteiger partial charge in [-0.15, -0.1) is 0 Å². The lowest BCUT2D eigenvalue weighted by atomic mass is 10.0. The van der Waals surface area contributed by atoms with Crippen LogP contribution >= 0.6 is 11.6 Å². The smallest absolute Gasteiger partial charge is 0.0406 e. The van der Waals surface area contributed by atoms with Crippen LogP contribution in [0.25, 0.3) is 0 Å². The van der Waals surface area contributed by atoms with Gasteiger partial charge in [-0.1, -0.05) is 42.8 Å². The van der Waals surface area contributed by atoms with Crippen molar-refractivity contribution in [2.75, 3.05) is 6.54 Å². The molecule has 0 spiro atoms. The molecule has 1 atom stereocenters. The molecule has 0 fully saturated rings. The first-order valence-corrected chi connectivity index (χ1v) is 5.64. The molecule has 15 heavy (non-hydrogen) atoms. The van der Waals surface area contributed by atoms with Crippen LogP contribution in [0.3, 0.4) is 0 Å². The third kappa shape index (κ3) is 4.06. The zero-order valence-electron chi connectivity index (χ0n) is 9.39. The minimum atomic E-state index is 0.388. The van der Waals surface area contributed by atoms with Gasteiger partial charge >= 0.3 is 0 Å². The van der Waals surface area contributed by atoms with Crippen LogP contribution in [0.2, 0.25) is 5.02 Å². The minimum absolute atomic E-state index is 0.388. The Morgan fingerprint density at radius 3 is 2.47 bits per heavy atom. The molecule has 0 saturated heterocycles. The predicted octanol–water partition coefficient (Wildman–Crippen LogP) is 3.96. The molecule has 1 aromatic carbocycles. The van der Waals surface area contributed by atoms with Crippen LogP contribution in [-0.2, 0) is 0 Å². The van der Waals surface area contributed by atoms with E-state index in [1.54, 1.807) is 0 Å². The third-order valence-electron chi connectivity index (χ3n) is 2.33. The van der Waals surface area contributed by atoms with Gasteiger partial charge in [-0.05, 0) is 31.0 Å². The average Bonchev–Trinajstić information content (AvgIpc) is 2.21. The van der Waals surface area contributed by atoms with Crippen LogP contribution in [0.4, 0.5) is 0 Å². The molecule has 2 heteroatoms. The van der Waals surface area contributed by atoms with Crippen molar-refractivity contribution in [1.82, 2.24) is 5.32 Å². The first kappa shape index (κ1) is 12.3. The second-order valence-corrected chi connectivity index (χ2v) is 4.29. The van der Waals surface area contributed by atoms with Gasteiger partial charge < -0.3 is 5.32 Å². The van der Waals surface area contributed by atoms with Gasteiger partial charge in [0.1, 0.15) is 0 Å². The van der Waals surface area contributed by atoms with Crippen molar-refractivity contribution >= 4 is 11.6 Å². The Kier molecular flexibility index (Phi) is 4.86. The number of nitrogens with one attached hydrogen (secondary N) is 1. The van der Waals surface area contributed by atoms with Crippen molar-refractivity contribution < 1.29 is 0 Å². The number of rotatable bonds is 5. The summed E-state index contributed by atoms with van der Waals surface area (Å²) in [7, 11) is 0. The highest BCUT2D eigenvalue weighted by atomic mass is 35.5. The van der Waals surface area contributed by atoms with E-state index in [2.05, 4.69) is 31.0 Å². The summed E-state index contributed by atoms with van der Waals surface area (Å²) in [4.78, 5) is 0. The maximum Gasteiger partial charge on any atom is 0.0406 e. The Morgan fingerprint density at radius 1 is 1.40 bits per heavy atom. The largest absolute Gasteiger partial charge is 0.306 e. The molecule has 0 amide bonds. The van der Waals surface area contributed by atoms with Gasteiger partial charge in [0.15, 0.2) is 0 Å². The third-order valence-corrected chi connectivity index (χ3v) is 2.58. The molecule has 0 aliphatic rings. The Balaban J connectivity index is 2.65. The van der Waals surface area contributed by atoms with E-state index in [-0.39, 0.29) is 0 Å². The molecule has 0 aliphatic heterocycles. The fourth-order valence-electron chi connectivity index (χ4n) is 1.49. The SMILES string of the molecule is C=C(C)CNC(CC)c1ccc(Cl)cc1. The van der Waals surface area contributed by atoms with Crippen molar-refractivity contribution in [1.29, 1.82) is 0 Å². The van der Waals surface area contributed by atoms with Gasteiger partial charge in [0, 0.05) is 17.6 Å².